The molecule has 0 aliphatic rings. The van der Waals surface area contributed by atoms with Gasteiger partial charge in [-0.2, -0.15) is 0 Å². The first-order chi connectivity index (χ1) is 13.1. The molecule has 0 saturated carbocycles. The highest BCUT2D eigenvalue weighted by Crippen LogP contribution is 2.39. The number of hydrogen-bond acceptors (Lipinski definition) is 6. The van der Waals surface area contributed by atoms with Gasteiger partial charge in [0, 0.05) is 49.7 Å². The standard InChI is InChI=1S/C20H27N3O4/c1-23(11-7-15-5-9-21-10-6-15)12-8-19(24)22-16-13-17(25-2)20(27-4)18(14-16)26-3/h5-6,9-10,13-14H,7-8,11-12H2,1-4H3,(H,22,24). The minimum atomic E-state index is -0.0694. The molecule has 0 radical (unpaired) electrons. The van der Waals surface area contributed by atoms with Crippen molar-refractivity contribution in [2.24, 2.45) is 0 Å². The maximum absolute atomic E-state index is 12.3. The minimum Gasteiger partial charge on any atom is -0.493 e. The average molecular weight is 373 g/mol. The Morgan fingerprint density at radius 1 is 1.04 bits per heavy atom. The Hall–Kier alpha value is -2.80. The van der Waals surface area contributed by atoms with Gasteiger partial charge in [-0.25, -0.2) is 0 Å². The molecular formula is C20H27N3O4. The number of likely N-dealkylation sites (N-methyl/N-ethyl adjacent to an activating group) is 1. The van der Waals surface area contributed by atoms with Gasteiger partial charge in [0.2, 0.25) is 11.7 Å². The molecule has 0 saturated heterocycles. The van der Waals surface area contributed by atoms with E-state index < -0.39 is 0 Å². The third kappa shape index (κ3) is 6.14. The van der Waals surface area contributed by atoms with Crippen molar-refractivity contribution in [1.29, 1.82) is 0 Å². The fourth-order valence-electron chi connectivity index (χ4n) is 2.65. The lowest BCUT2D eigenvalue weighted by molar-refractivity contribution is -0.116. The van der Waals surface area contributed by atoms with Gasteiger partial charge in [0.15, 0.2) is 11.5 Å². The maximum atomic E-state index is 12.3. The van der Waals surface area contributed by atoms with Crippen LogP contribution in [0.4, 0.5) is 5.69 Å². The molecule has 0 unspecified atom stereocenters. The molecule has 27 heavy (non-hydrogen) atoms. The normalized spacial score (nSPS) is 10.6. The van der Waals surface area contributed by atoms with Crippen molar-refractivity contribution in [1.82, 2.24) is 9.88 Å². The van der Waals surface area contributed by atoms with Crippen LogP contribution < -0.4 is 19.5 Å². The van der Waals surface area contributed by atoms with Crippen molar-refractivity contribution < 1.29 is 19.0 Å². The summed E-state index contributed by atoms with van der Waals surface area (Å²) >= 11 is 0. The van der Waals surface area contributed by atoms with E-state index in [0.717, 1.165) is 13.0 Å². The van der Waals surface area contributed by atoms with Crippen LogP contribution in [0.3, 0.4) is 0 Å². The molecule has 0 fully saturated rings. The molecule has 1 heterocycles. The van der Waals surface area contributed by atoms with Gasteiger partial charge in [-0.3, -0.25) is 9.78 Å². The zero-order chi connectivity index (χ0) is 19.6. The van der Waals surface area contributed by atoms with Crippen molar-refractivity contribution in [3.8, 4) is 17.2 Å². The summed E-state index contributed by atoms with van der Waals surface area (Å²) in [6, 6.07) is 7.44. The Bertz CT molecular complexity index is 712. The number of nitrogens with one attached hydrogen (secondary N) is 1. The van der Waals surface area contributed by atoms with E-state index in [-0.39, 0.29) is 5.91 Å². The molecule has 0 aliphatic carbocycles. The lowest BCUT2D eigenvalue weighted by Crippen LogP contribution is -2.26. The molecular weight excluding hydrogens is 346 g/mol. The summed E-state index contributed by atoms with van der Waals surface area (Å²) in [6.07, 6.45) is 4.90. The first kappa shape index (κ1) is 20.5. The van der Waals surface area contributed by atoms with Gasteiger partial charge in [0.1, 0.15) is 0 Å². The number of benzene rings is 1. The Morgan fingerprint density at radius 2 is 1.67 bits per heavy atom. The second-order valence-electron chi connectivity index (χ2n) is 6.12. The van der Waals surface area contributed by atoms with Crippen LogP contribution in [0, 0.1) is 0 Å². The Morgan fingerprint density at radius 3 is 2.22 bits per heavy atom. The van der Waals surface area contributed by atoms with E-state index in [1.54, 1.807) is 45.9 Å². The number of pyridine rings is 1. The van der Waals surface area contributed by atoms with Crippen molar-refractivity contribution in [3.63, 3.8) is 0 Å². The zero-order valence-corrected chi connectivity index (χ0v) is 16.3. The Balaban J connectivity index is 1.86. The van der Waals surface area contributed by atoms with E-state index in [9.17, 15) is 4.79 Å². The van der Waals surface area contributed by atoms with E-state index in [1.165, 1.54) is 5.56 Å². The van der Waals surface area contributed by atoms with Crippen molar-refractivity contribution in [2.75, 3.05) is 46.8 Å². The van der Waals surface area contributed by atoms with Gasteiger partial charge in [0.25, 0.3) is 0 Å². The lowest BCUT2D eigenvalue weighted by Gasteiger charge is -2.17. The quantitative estimate of drug-likeness (QED) is 0.690. The van der Waals surface area contributed by atoms with E-state index in [0.29, 0.717) is 35.9 Å². The van der Waals surface area contributed by atoms with Gasteiger partial charge in [-0.05, 0) is 31.2 Å². The molecule has 0 aliphatic heterocycles. The second kappa shape index (κ2) is 10.4. The molecule has 7 heteroatoms. The number of methoxy groups -OCH3 is 3. The summed E-state index contributed by atoms with van der Waals surface area (Å²) in [5, 5.41) is 2.88. The highest BCUT2D eigenvalue weighted by molar-refractivity contribution is 5.91. The number of anilines is 1. The van der Waals surface area contributed by atoms with E-state index in [4.69, 9.17) is 14.2 Å². The summed E-state index contributed by atoms with van der Waals surface area (Å²) < 4.78 is 15.9. The van der Waals surface area contributed by atoms with Crippen molar-refractivity contribution in [3.05, 3.63) is 42.2 Å². The predicted octanol–water partition coefficient (Wildman–Crippen LogP) is 2.61. The number of carbonyl (C=O) groups is 1. The largest absolute Gasteiger partial charge is 0.493 e. The van der Waals surface area contributed by atoms with Crippen LogP contribution in [-0.4, -0.2) is 57.3 Å². The smallest absolute Gasteiger partial charge is 0.225 e. The summed E-state index contributed by atoms with van der Waals surface area (Å²) in [6.45, 7) is 1.54. The van der Waals surface area contributed by atoms with Crippen LogP contribution in [-0.2, 0) is 11.2 Å². The molecule has 1 aromatic heterocycles. The number of carbonyl (C=O) groups excluding carboxylic acids is 1. The molecule has 1 amide bonds. The van der Waals surface area contributed by atoms with Crippen LogP contribution in [0.2, 0.25) is 0 Å². The maximum Gasteiger partial charge on any atom is 0.225 e. The summed E-state index contributed by atoms with van der Waals surface area (Å²) in [7, 11) is 6.63. The Kier molecular flexibility index (Phi) is 7.88. The number of amides is 1. The highest BCUT2D eigenvalue weighted by Gasteiger charge is 2.14. The Labute approximate surface area is 160 Å². The van der Waals surface area contributed by atoms with Crippen LogP contribution in [0.15, 0.2) is 36.7 Å². The van der Waals surface area contributed by atoms with Gasteiger partial charge in [-0.15, -0.1) is 0 Å². The third-order valence-corrected chi connectivity index (χ3v) is 4.20. The topological polar surface area (TPSA) is 72.9 Å². The lowest BCUT2D eigenvalue weighted by atomic mass is 10.2. The predicted molar refractivity (Wildman–Crippen MR) is 105 cm³/mol. The van der Waals surface area contributed by atoms with Crippen molar-refractivity contribution >= 4 is 11.6 Å². The van der Waals surface area contributed by atoms with Crippen LogP contribution in [0.5, 0.6) is 17.2 Å². The fraction of sp³-hybridized carbons (Fsp3) is 0.400. The van der Waals surface area contributed by atoms with Crippen molar-refractivity contribution in [2.45, 2.75) is 12.8 Å². The van der Waals surface area contributed by atoms with Gasteiger partial charge < -0.3 is 24.4 Å². The second-order valence-corrected chi connectivity index (χ2v) is 6.12. The van der Waals surface area contributed by atoms with E-state index in [2.05, 4.69) is 15.2 Å². The summed E-state index contributed by atoms with van der Waals surface area (Å²) in [5.41, 5.74) is 1.84. The van der Waals surface area contributed by atoms with Crippen LogP contribution >= 0.6 is 0 Å². The molecule has 2 aromatic rings. The zero-order valence-electron chi connectivity index (χ0n) is 16.3. The van der Waals surface area contributed by atoms with Gasteiger partial charge >= 0.3 is 0 Å². The molecule has 0 atom stereocenters. The SMILES string of the molecule is COc1cc(NC(=O)CCN(C)CCc2ccncc2)cc(OC)c1OC. The number of aromatic nitrogens is 1. The number of rotatable bonds is 10. The number of ether oxygens (including phenoxy) is 3. The average Bonchev–Trinajstić information content (AvgIpc) is 2.70. The fourth-order valence-corrected chi connectivity index (χ4v) is 2.65. The molecule has 0 spiro atoms. The summed E-state index contributed by atoms with van der Waals surface area (Å²) in [5.74, 6) is 1.43. The minimum absolute atomic E-state index is 0.0694. The number of hydrogen-bond donors (Lipinski definition) is 1. The third-order valence-electron chi connectivity index (χ3n) is 4.20. The molecule has 2 rings (SSSR count). The first-order valence-electron chi connectivity index (χ1n) is 8.74. The molecule has 146 valence electrons. The monoisotopic (exact) mass is 373 g/mol. The first-order valence-corrected chi connectivity index (χ1v) is 8.74. The molecule has 1 aromatic carbocycles. The molecule has 7 nitrogen and oxygen atoms in total. The van der Waals surface area contributed by atoms with Gasteiger partial charge in [0.05, 0.1) is 21.3 Å². The summed E-state index contributed by atoms with van der Waals surface area (Å²) in [4.78, 5) is 18.4. The van der Waals surface area contributed by atoms with Crippen LogP contribution in [0.25, 0.3) is 0 Å². The number of nitrogens with zero attached hydrogens (tertiary/aromatic N) is 2. The molecule has 0 bridgehead atoms. The highest BCUT2D eigenvalue weighted by atomic mass is 16.5. The van der Waals surface area contributed by atoms with E-state index >= 15 is 0 Å². The van der Waals surface area contributed by atoms with Gasteiger partial charge in [-0.1, -0.05) is 0 Å². The molecule has 1 N–H and O–H groups in total. The van der Waals surface area contributed by atoms with Crippen LogP contribution in [0.1, 0.15) is 12.0 Å². The van der Waals surface area contributed by atoms with E-state index in [1.807, 2.05) is 19.2 Å².